The van der Waals surface area contributed by atoms with Crippen molar-refractivity contribution in [2.45, 2.75) is 33.1 Å². The van der Waals surface area contributed by atoms with E-state index >= 15 is 0 Å². The molecule has 146 valence electrons. The molecule has 28 heavy (non-hydrogen) atoms. The quantitative estimate of drug-likeness (QED) is 0.698. The van der Waals surface area contributed by atoms with Crippen LogP contribution in [-0.4, -0.2) is 35.0 Å². The van der Waals surface area contributed by atoms with Crippen LogP contribution in [0.1, 0.15) is 29.5 Å². The smallest absolute Gasteiger partial charge is 0.340 e. The first-order valence-corrected chi connectivity index (χ1v) is 9.30. The third-order valence-corrected chi connectivity index (χ3v) is 5.63. The van der Waals surface area contributed by atoms with Crippen LogP contribution in [0.15, 0.2) is 32.0 Å². The summed E-state index contributed by atoms with van der Waals surface area (Å²) in [6.07, 6.45) is 2.76. The highest BCUT2D eigenvalue weighted by atomic mass is 16.4. The summed E-state index contributed by atoms with van der Waals surface area (Å²) in [7, 11) is 0. The average molecular weight is 383 g/mol. The second kappa shape index (κ2) is 6.82. The topological polar surface area (TPSA) is 101 Å². The summed E-state index contributed by atoms with van der Waals surface area (Å²) in [5.74, 6) is -1.69. The summed E-state index contributed by atoms with van der Waals surface area (Å²) in [5.41, 5.74) is 2.51. The van der Waals surface area contributed by atoms with Crippen molar-refractivity contribution in [3.8, 4) is 0 Å². The molecule has 2 aromatic heterocycles. The van der Waals surface area contributed by atoms with Crippen LogP contribution in [0.4, 0.5) is 0 Å². The van der Waals surface area contributed by atoms with Crippen molar-refractivity contribution < 1.29 is 23.5 Å². The molecule has 1 unspecified atom stereocenters. The van der Waals surface area contributed by atoms with E-state index in [1.54, 1.807) is 19.3 Å². The number of hydrogen-bond donors (Lipinski definition) is 1. The zero-order chi connectivity index (χ0) is 20.0. The number of carboxylic acids is 1. The fourth-order valence-corrected chi connectivity index (χ4v) is 3.91. The van der Waals surface area contributed by atoms with Gasteiger partial charge in [-0.25, -0.2) is 4.79 Å². The monoisotopic (exact) mass is 383 g/mol. The molecule has 1 atom stereocenters. The van der Waals surface area contributed by atoms with Gasteiger partial charge in [-0.05, 0) is 43.9 Å². The van der Waals surface area contributed by atoms with E-state index in [9.17, 15) is 19.5 Å². The lowest BCUT2D eigenvalue weighted by Gasteiger charge is -2.30. The van der Waals surface area contributed by atoms with E-state index < -0.39 is 17.5 Å². The number of hydrogen-bond acceptors (Lipinski definition) is 5. The normalized spacial score (nSPS) is 17.4. The zero-order valence-electron chi connectivity index (χ0n) is 15.8. The second-order valence-corrected chi connectivity index (χ2v) is 7.45. The predicted molar refractivity (Wildman–Crippen MR) is 102 cm³/mol. The summed E-state index contributed by atoms with van der Waals surface area (Å²) in [6.45, 7) is 4.43. The lowest BCUT2D eigenvalue weighted by atomic mass is 9.97. The summed E-state index contributed by atoms with van der Waals surface area (Å²) in [6, 6.07) is 3.61. The second-order valence-electron chi connectivity index (χ2n) is 7.45. The van der Waals surface area contributed by atoms with Gasteiger partial charge < -0.3 is 18.8 Å². The lowest BCUT2D eigenvalue weighted by molar-refractivity contribution is -0.145. The number of aryl methyl sites for hydroxylation is 2. The van der Waals surface area contributed by atoms with E-state index in [1.165, 1.54) is 4.90 Å². The number of carbonyl (C=O) groups is 2. The highest BCUT2D eigenvalue weighted by Gasteiger charge is 2.29. The summed E-state index contributed by atoms with van der Waals surface area (Å²) < 4.78 is 10.9. The van der Waals surface area contributed by atoms with Gasteiger partial charge in [-0.2, -0.15) is 0 Å². The molecule has 7 nitrogen and oxygen atoms in total. The van der Waals surface area contributed by atoms with Crippen molar-refractivity contribution in [2.24, 2.45) is 5.92 Å². The van der Waals surface area contributed by atoms with Gasteiger partial charge in [-0.3, -0.25) is 9.59 Å². The molecule has 0 radical (unpaired) electrons. The highest BCUT2D eigenvalue weighted by molar-refractivity contribution is 5.96. The number of aliphatic carboxylic acids is 1. The maximum atomic E-state index is 12.7. The van der Waals surface area contributed by atoms with Crippen molar-refractivity contribution in [1.82, 2.24) is 4.90 Å². The number of furan rings is 1. The number of carbonyl (C=O) groups excluding carboxylic acids is 1. The molecule has 3 heterocycles. The lowest BCUT2D eigenvalue weighted by Crippen LogP contribution is -2.43. The van der Waals surface area contributed by atoms with Gasteiger partial charge in [0.05, 0.1) is 24.2 Å². The maximum Gasteiger partial charge on any atom is 0.340 e. The van der Waals surface area contributed by atoms with Crippen LogP contribution in [0.3, 0.4) is 0 Å². The first-order valence-electron chi connectivity index (χ1n) is 9.30. The molecule has 1 fully saturated rings. The van der Waals surface area contributed by atoms with Crippen LogP contribution in [-0.2, 0) is 16.0 Å². The van der Waals surface area contributed by atoms with Crippen molar-refractivity contribution in [2.75, 3.05) is 13.1 Å². The molecule has 1 aliphatic rings. The molecule has 1 aliphatic heterocycles. The minimum absolute atomic E-state index is 0.0984. The summed E-state index contributed by atoms with van der Waals surface area (Å²) in [4.78, 5) is 38.0. The zero-order valence-corrected chi connectivity index (χ0v) is 15.8. The molecule has 4 rings (SSSR count). The van der Waals surface area contributed by atoms with Crippen molar-refractivity contribution in [3.05, 3.63) is 45.5 Å². The third-order valence-electron chi connectivity index (χ3n) is 5.63. The Hall–Kier alpha value is -3.09. The van der Waals surface area contributed by atoms with Crippen molar-refractivity contribution in [1.29, 1.82) is 0 Å². The van der Waals surface area contributed by atoms with Crippen molar-refractivity contribution in [3.63, 3.8) is 0 Å². The molecule has 0 aliphatic carbocycles. The van der Waals surface area contributed by atoms with Crippen molar-refractivity contribution >= 4 is 33.8 Å². The van der Waals surface area contributed by atoms with E-state index in [-0.39, 0.29) is 18.9 Å². The van der Waals surface area contributed by atoms with Gasteiger partial charge in [0.25, 0.3) is 0 Å². The molecule has 0 saturated carbocycles. The average Bonchev–Trinajstić information content (AvgIpc) is 3.03. The molecular weight excluding hydrogens is 362 g/mol. The molecule has 1 amide bonds. The summed E-state index contributed by atoms with van der Waals surface area (Å²) in [5, 5.41) is 10.9. The van der Waals surface area contributed by atoms with Crippen LogP contribution in [0.25, 0.3) is 21.9 Å². The van der Waals surface area contributed by atoms with Crippen LogP contribution >= 0.6 is 0 Å². The van der Waals surface area contributed by atoms with E-state index in [0.717, 1.165) is 16.3 Å². The molecule has 0 bridgehead atoms. The molecule has 1 N–H and O–H groups in total. The fourth-order valence-electron chi connectivity index (χ4n) is 3.91. The number of benzene rings is 1. The van der Waals surface area contributed by atoms with Gasteiger partial charge >= 0.3 is 11.6 Å². The number of likely N-dealkylation sites (tertiary alicyclic amines) is 1. The fraction of sp³-hybridized carbons (Fsp3) is 0.381. The minimum atomic E-state index is -0.890. The Morgan fingerprint density at radius 2 is 2.00 bits per heavy atom. The Morgan fingerprint density at radius 3 is 2.75 bits per heavy atom. The van der Waals surface area contributed by atoms with E-state index in [2.05, 4.69) is 0 Å². The van der Waals surface area contributed by atoms with Crippen LogP contribution < -0.4 is 5.63 Å². The summed E-state index contributed by atoms with van der Waals surface area (Å²) >= 11 is 0. The van der Waals surface area contributed by atoms with Gasteiger partial charge in [-0.15, -0.1) is 0 Å². The Kier molecular flexibility index (Phi) is 4.45. The largest absolute Gasteiger partial charge is 0.481 e. The SMILES string of the molecule is Cc1coc2cc3oc(=O)c(CC(=O)N4CCCC(C(=O)O)C4)c(C)c3cc12. The number of fused-ring (bicyclic) bond motifs is 2. The van der Waals surface area contributed by atoms with Gasteiger partial charge in [0.15, 0.2) is 0 Å². The van der Waals surface area contributed by atoms with Gasteiger partial charge in [0.2, 0.25) is 5.91 Å². The number of amides is 1. The first-order chi connectivity index (χ1) is 13.3. The first kappa shape index (κ1) is 18.3. The van der Waals surface area contributed by atoms with Gasteiger partial charge in [0.1, 0.15) is 11.2 Å². The predicted octanol–water partition coefficient (Wildman–Crippen LogP) is 3.02. The standard InChI is InChI=1S/C21H21NO6/c1-11-10-27-17-8-18-15(6-14(11)17)12(2)16(21(26)28-18)7-19(23)22-5-3-4-13(9-22)20(24)25/h6,8,10,13H,3-5,7,9H2,1-2H3,(H,24,25). The molecule has 0 spiro atoms. The Morgan fingerprint density at radius 1 is 1.21 bits per heavy atom. The van der Waals surface area contributed by atoms with Crippen LogP contribution in [0.5, 0.6) is 0 Å². The molecule has 1 aromatic carbocycles. The molecular formula is C21H21NO6. The maximum absolute atomic E-state index is 12.7. The third kappa shape index (κ3) is 3.06. The van der Waals surface area contributed by atoms with Gasteiger partial charge in [-0.1, -0.05) is 0 Å². The number of rotatable bonds is 3. The minimum Gasteiger partial charge on any atom is -0.481 e. The van der Waals surface area contributed by atoms with Crippen LogP contribution in [0, 0.1) is 19.8 Å². The Labute approximate surface area is 160 Å². The Balaban J connectivity index is 1.69. The number of piperidine rings is 1. The van der Waals surface area contributed by atoms with Crippen LogP contribution in [0.2, 0.25) is 0 Å². The van der Waals surface area contributed by atoms with E-state index in [0.29, 0.717) is 41.7 Å². The highest BCUT2D eigenvalue weighted by Crippen LogP contribution is 2.29. The number of nitrogens with zero attached hydrogens (tertiary/aromatic N) is 1. The Bertz CT molecular complexity index is 1160. The van der Waals surface area contributed by atoms with Gasteiger partial charge in [0, 0.05) is 29.9 Å². The molecule has 7 heteroatoms. The van der Waals surface area contributed by atoms with E-state index in [4.69, 9.17) is 8.83 Å². The molecule has 1 saturated heterocycles. The van der Waals surface area contributed by atoms with E-state index in [1.807, 2.05) is 13.0 Å². The molecule has 3 aromatic rings. The number of carboxylic acid groups (broad SMARTS) is 1.